The molecule has 0 saturated heterocycles. The van der Waals surface area contributed by atoms with E-state index in [1.165, 1.54) is 0 Å². The van der Waals surface area contributed by atoms with E-state index in [0.29, 0.717) is 12.1 Å². The molecular formula is C11H8F4O. The average molecular weight is 236 g/mol. The highest BCUT2D eigenvalue weighted by atomic mass is 19.4. The Labute approximate surface area is 95.0 Å². The van der Waals surface area contributed by atoms with Gasteiger partial charge in [-0.25, -0.2) is 4.39 Å². The molecule has 1 nitrogen and oxygen atoms in total. The topological polar surface area (TPSA) is 17.1 Å². The summed E-state index contributed by atoms with van der Waals surface area (Å²) in [6, 6.07) is 1.20. The largest absolute Gasteiger partial charge is 0.417 e. The zero-order valence-electron chi connectivity index (χ0n) is 11.7. The van der Waals surface area contributed by atoms with Crippen LogP contribution in [0.3, 0.4) is 0 Å². The monoisotopic (exact) mass is 236 g/mol. The van der Waals surface area contributed by atoms with E-state index in [4.69, 9.17) is 5.48 Å². The molecule has 0 fully saturated rings. The number of ketones is 1. The van der Waals surface area contributed by atoms with Crippen LogP contribution in [-0.2, 0) is 4.79 Å². The average Bonchev–Trinajstić information content (AvgIpc) is 2.28. The van der Waals surface area contributed by atoms with E-state index >= 15 is 0 Å². The lowest BCUT2D eigenvalue weighted by Crippen LogP contribution is -2.12. The molecule has 0 amide bonds. The maximum atomic E-state index is 12.9. The van der Waals surface area contributed by atoms with Crippen molar-refractivity contribution in [1.82, 2.24) is 0 Å². The molecular weight excluding hydrogens is 224 g/mol. The first-order valence-electron chi connectivity index (χ1n) is 6.03. The Kier molecular flexibility index (Phi) is 2.12. The molecule has 0 aliphatic rings. The van der Waals surface area contributed by atoms with E-state index in [9.17, 15) is 22.4 Å². The smallest absolute Gasteiger partial charge is 0.295 e. The van der Waals surface area contributed by atoms with Crippen molar-refractivity contribution in [3.05, 3.63) is 41.7 Å². The number of allylic oxidation sites excluding steroid dienone is 2. The zero-order valence-corrected chi connectivity index (χ0v) is 7.73. The SMILES string of the molecule is [2H]/C(C(=O)C([2H])([2H])[2H])=C(/c1ccc(F)cc1)C(F)(F)F. The number of rotatable bonds is 2. The number of carbonyl (C=O) groups is 1. The lowest BCUT2D eigenvalue weighted by atomic mass is 10.0. The normalized spacial score (nSPS) is 17.8. The molecule has 0 saturated carbocycles. The Bertz CT molecular complexity index is 543. The fourth-order valence-corrected chi connectivity index (χ4v) is 1.04. The van der Waals surface area contributed by atoms with Crippen LogP contribution in [0, 0.1) is 5.82 Å². The predicted molar refractivity (Wildman–Crippen MR) is 51.1 cm³/mol. The van der Waals surface area contributed by atoms with Crippen molar-refractivity contribution in [2.24, 2.45) is 0 Å². The Morgan fingerprint density at radius 3 is 2.38 bits per heavy atom. The van der Waals surface area contributed by atoms with E-state index in [1.54, 1.807) is 0 Å². The molecule has 0 aliphatic carbocycles. The molecule has 0 radical (unpaired) electrons. The molecule has 0 N–H and O–H groups in total. The van der Waals surface area contributed by atoms with Gasteiger partial charge in [-0.3, -0.25) is 4.79 Å². The van der Waals surface area contributed by atoms with Gasteiger partial charge in [-0.05, 0) is 30.6 Å². The van der Waals surface area contributed by atoms with Gasteiger partial charge in [0.15, 0.2) is 5.78 Å². The van der Waals surface area contributed by atoms with E-state index in [0.717, 1.165) is 12.1 Å². The molecule has 5 heteroatoms. The zero-order chi connectivity index (χ0) is 15.7. The van der Waals surface area contributed by atoms with Gasteiger partial charge in [-0.2, -0.15) is 13.2 Å². The second kappa shape index (κ2) is 4.47. The van der Waals surface area contributed by atoms with Gasteiger partial charge in [-0.1, -0.05) is 12.1 Å². The minimum atomic E-state index is -5.12. The van der Waals surface area contributed by atoms with Crippen LogP contribution in [0.2, 0.25) is 0 Å². The molecule has 0 heterocycles. The summed E-state index contributed by atoms with van der Waals surface area (Å²) in [7, 11) is 0. The Morgan fingerprint density at radius 1 is 1.38 bits per heavy atom. The third-order valence-corrected chi connectivity index (χ3v) is 1.65. The fourth-order valence-electron chi connectivity index (χ4n) is 1.04. The summed E-state index contributed by atoms with van der Waals surface area (Å²) < 4.78 is 78.9. The van der Waals surface area contributed by atoms with Gasteiger partial charge < -0.3 is 0 Å². The molecule has 0 aromatic heterocycles. The van der Waals surface area contributed by atoms with Crippen LogP contribution >= 0.6 is 0 Å². The van der Waals surface area contributed by atoms with Crippen molar-refractivity contribution < 1.29 is 27.8 Å². The van der Waals surface area contributed by atoms with Crippen molar-refractivity contribution in [3.63, 3.8) is 0 Å². The Morgan fingerprint density at radius 2 is 1.94 bits per heavy atom. The minimum Gasteiger partial charge on any atom is -0.295 e. The lowest BCUT2D eigenvalue weighted by molar-refractivity contribution is -0.113. The quantitative estimate of drug-likeness (QED) is 0.568. The van der Waals surface area contributed by atoms with Gasteiger partial charge in [0, 0.05) is 4.11 Å². The van der Waals surface area contributed by atoms with Gasteiger partial charge in [0.1, 0.15) is 5.82 Å². The molecule has 0 atom stereocenters. The second-order valence-electron chi connectivity index (χ2n) is 2.83. The predicted octanol–water partition coefficient (Wildman–Crippen LogP) is 3.36. The van der Waals surface area contributed by atoms with Crippen LogP contribution in [0.25, 0.3) is 5.57 Å². The van der Waals surface area contributed by atoms with E-state index in [2.05, 4.69) is 0 Å². The molecule has 86 valence electrons. The number of benzene rings is 1. The third-order valence-electron chi connectivity index (χ3n) is 1.65. The van der Waals surface area contributed by atoms with Crippen LogP contribution in [0.15, 0.2) is 30.3 Å². The maximum Gasteiger partial charge on any atom is 0.417 e. The number of carbonyl (C=O) groups excluding carboxylic acids is 1. The summed E-state index contributed by atoms with van der Waals surface area (Å²) in [5, 5.41) is 0. The van der Waals surface area contributed by atoms with Crippen LogP contribution in [0.5, 0.6) is 0 Å². The van der Waals surface area contributed by atoms with Crippen molar-refractivity contribution in [1.29, 1.82) is 0 Å². The van der Waals surface area contributed by atoms with E-state index in [-0.39, 0.29) is 0 Å². The van der Waals surface area contributed by atoms with Gasteiger partial charge >= 0.3 is 6.18 Å². The summed E-state index contributed by atoms with van der Waals surface area (Å²) in [6.07, 6.45) is -5.12. The maximum absolute atomic E-state index is 12.9. The Balaban J connectivity index is 3.48. The molecule has 16 heavy (non-hydrogen) atoms. The van der Waals surface area contributed by atoms with Crippen LogP contribution in [0.4, 0.5) is 17.6 Å². The van der Waals surface area contributed by atoms with Crippen molar-refractivity contribution in [3.8, 4) is 0 Å². The molecule has 1 aromatic rings. The van der Waals surface area contributed by atoms with Crippen molar-refractivity contribution >= 4 is 11.4 Å². The first-order valence-corrected chi connectivity index (χ1v) is 4.03. The molecule has 0 unspecified atom stereocenters. The molecule has 1 aromatic carbocycles. The Hall–Kier alpha value is -1.65. The fraction of sp³-hybridized carbons (Fsp3) is 0.182. The molecule has 1 rings (SSSR count). The number of alkyl halides is 3. The van der Waals surface area contributed by atoms with Crippen LogP contribution in [0.1, 0.15) is 17.9 Å². The molecule has 0 bridgehead atoms. The number of hydrogen-bond donors (Lipinski definition) is 0. The summed E-state index contributed by atoms with van der Waals surface area (Å²) >= 11 is 0. The first-order chi connectivity index (χ1) is 8.94. The summed E-state index contributed by atoms with van der Waals surface area (Å²) in [4.78, 5) is 11.3. The number of hydrogen-bond acceptors (Lipinski definition) is 1. The highest BCUT2D eigenvalue weighted by Gasteiger charge is 2.34. The lowest BCUT2D eigenvalue weighted by Gasteiger charge is -2.11. The highest BCUT2D eigenvalue weighted by Crippen LogP contribution is 2.33. The van der Waals surface area contributed by atoms with Crippen molar-refractivity contribution in [2.75, 3.05) is 0 Å². The summed E-state index contributed by atoms with van der Waals surface area (Å²) in [6.45, 7) is -3.35. The standard InChI is InChI=1S/C11H8F4O/c1-7(16)6-10(11(13,14)15)8-2-4-9(12)5-3-8/h2-6H,1H3/b10-6+/i1D3,6D. The van der Waals surface area contributed by atoms with Crippen molar-refractivity contribution in [2.45, 2.75) is 13.0 Å². The van der Waals surface area contributed by atoms with E-state index < -0.39 is 41.8 Å². The summed E-state index contributed by atoms with van der Waals surface area (Å²) in [5.41, 5.74) is -2.36. The van der Waals surface area contributed by atoms with Gasteiger partial charge in [0.2, 0.25) is 0 Å². The second-order valence-corrected chi connectivity index (χ2v) is 2.83. The van der Waals surface area contributed by atoms with Gasteiger partial charge in [-0.15, -0.1) is 0 Å². The minimum absolute atomic E-state index is 0.651. The van der Waals surface area contributed by atoms with Crippen LogP contribution in [-0.4, -0.2) is 12.0 Å². The highest BCUT2D eigenvalue weighted by molar-refractivity contribution is 5.96. The summed E-state index contributed by atoms with van der Waals surface area (Å²) in [5.74, 6) is -2.72. The molecule has 0 aliphatic heterocycles. The third kappa shape index (κ3) is 3.18. The van der Waals surface area contributed by atoms with E-state index in [1.807, 2.05) is 0 Å². The van der Waals surface area contributed by atoms with Gasteiger partial charge in [0.05, 0.1) is 6.94 Å². The first kappa shape index (κ1) is 7.60. The van der Waals surface area contributed by atoms with Gasteiger partial charge in [0.25, 0.3) is 0 Å². The number of halogens is 4. The van der Waals surface area contributed by atoms with Crippen LogP contribution < -0.4 is 0 Å². The molecule has 0 spiro atoms.